The minimum atomic E-state index is -0.471. The average Bonchev–Trinajstić information content (AvgIpc) is 3.10. The standard InChI is InChI=1S/C14H15N5O2S/c1-3-17-12(20)10(6-15)14-19(4-2)13(21)11(22-14)5-9-7-16-8-18-9/h5,7-8H,3-4H2,1-2H3,(H,16,18)(H,17,20)/b11-5-,14-10-. The van der Waals surface area contributed by atoms with Gasteiger partial charge in [-0.15, -0.1) is 11.3 Å². The molecule has 8 heteroatoms. The minimum absolute atomic E-state index is 0.0462. The van der Waals surface area contributed by atoms with Crippen molar-refractivity contribution in [1.29, 1.82) is 5.26 Å². The zero-order chi connectivity index (χ0) is 16.1. The number of thiazole rings is 1. The third-order valence-corrected chi connectivity index (χ3v) is 4.05. The van der Waals surface area contributed by atoms with Gasteiger partial charge in [-0.2, -0.15) is 5.26 Å². The van der Waals surface area contributed by atoms with Crippen molar-refractivity contribution >= 4 is 28.9 Å². The number of carbonyl (C=O) groups excluding carboxylic acids is 1. The topological polar surface area (TPSA) is 104 Å². The summed E-state index contributed by atoms with van der Waals surface area (Å²) in [4.78, 5) is 31.2. The van der Waals surface area contributed by atoms with Crippen molar-refractivity contribution in [2.75, 3.05) is 6.54 Å². The Morgan fingerprint density at radius 3 is 2.91 bits per heavy atom. The lowest BCUT2D eigenvalue weighted by Crippen LogP contribution is -2.34. The zero-order valence-electron chi connectivity index (χ0n) is 12.2. The summed E-state index contributed by atoms with van der Waals surface area (Å²) in [6.07, 6.45) is 4.76. The van der Waals surface area contributed by atoms with Crippen molar-refractivity contribution in [3.8, 4) is 6.07 Å². The number of carbonyl (C=O) groups is 1. The molecule has 2 N–H and O–H groups in total. The monoisotopic (exact) mass is 317 g/mol. The lowest BCUT2D eigenvalue weighted by molar-refractivity contribution is -0.115. The van der Waals surface area contributed by atoms with Gasteiger partial charge in [0.2, 0.25) is 0 Å². The number of nitrogens with one attached hydrogen (secondary N) is 2. The maximum absolute atomic E-state index is 12.4. The fourth-order valence-corrected chi connectivity index (χ4v) is 3.08. The summed E-state index contributed by atoms with van der Waals surface area (Å²) in [5, 5.41) is 11.9. The Labute approximate surface area is 130 Å². The summed E-state index contributed by atoms with van der Waals surface area (Å²) in [5.74, 6) is -0.471. The van der Waals surface area contributed by atoms with Gasteiger partial charge in [-0.05, 0) is 19.9 Å². The third-order valence-electron chi connectivity index (χ3n) is 2.92. The second-order valence-electron chi connectivity index (χ2n) is 4.32. The van der Waals surface area contributed by atoms with Crippen molar-refractivity contribution in [3.05, 3.63) is 37.8 Å². The summed E-state index contributed by atoms with van der Waals surface area (Å²) in [5.41, 5.74) is 0.411. The molecule has 2 heterocycles. The van der Waals surface area contributed by atoms with E-state index in [0.29, 0.717) is 28.0 Å². The first-order chi connectivity index (χ1) is 10.6. The van der Waals surface area contributed by atoms with Gasteiger partial charge in [0.25, 0.3) is 11.5 Å². The van der Waals surface area contributed by atoms with Crippen molar-refractivity contribution < 1.29 is 4.79 Å². The van der Waals surface area contributed by atoms with Gasteiger partial charge >= 0.3 is 0 Å². The van der Waals surface area contributed by atoms with Gasteiger partial charge in [0.05, 0.1) is 22.8 Å². The number of aromatic amines is 1. The van der Waals surface area contributed by atoms with Crippen molar-refractivity contribution in [1.82, 2.24) is 19.9 Å². The van der Waals surface area contributed by atoms with E-state index in [-0.39, 0.29) is 11.1 Å². The predicted octanol–water partition coefficient (Wildman–Crippen LogP) is -0.708. The molecule has 0 aliphatic rings. The number of hydrogen-bond donors (Lipinski definition) is 2. The predicted molar refractivity (Wildman–Crippen MR) is 83.4 cm³/mol. The third kappa shape index (κ3) is 2.99. The minimum Gasteiger partial charge on any atom is -0.352 e. The largest absolute Gasteiger partial charge is 0.352 e. The summed E-state index contributed by atoms with van der Waals surface area (Å²) in [7, 11) is 0. The number of rotatable bonds is 4. The SMILES string of the molecule is CCNC(=O)/C(C#N)=c1\s/c(=C\c2cnc[nH]2)c(=O)n1CC. The molecular formula is C14H15N5O2S. The average molecular weight is 317 g/mol. The summed E-state index contributed by atoms with van der Waals surface area (Å²) < 4.78 is 2.24. The van der Waals surface area contributed by atoms with Crippen molar-refractivity contribution in [2.45, 2.75) is 20.4 Å². The lowest BCUT2D eigenvalue weighted by atomic mass is 10.3. The first kappa shape index (κ1) is 15.7. The molecule has 0 radical (unpaired) electrons. The summed E-state index contributed by atoms with van der Waals surface area (Å²) in [6.45, 7) is 4.36. The fraction of sp³-hybridized carbons (Fsp3) is 0.286. The summed E-state index contributed by atoms with van der Waals surface area (Å²) in [6, 6.07) is 1.90. The van der Waals surface area contributed by atoms with Crippen LogP contribution in [0.15, 0.2) is 17.3 Å². The Morgan fingerprint density at radius 1 is 1.59 bits per heavy atom. The van der Waals surface area contributed by atoms with E-state index in [1.54, 1.807) is 26.1 Å². The molecule has 0 unspecified atom stereocenters. The van der Waals surface area contributed by atoms with Crippen LogP contribution in [0.4, 0.5) is 0 Å². The highest BCUT2D eigenvalue weighted by Crippen LogP contribution is 1.94. The van der Waals surface area contributed by atoms with Gasteiger partial charge in [-0.1, -0.05) is 0 Å². The van der Waals surface area contributed by atoms with Crippen LogP contribution in [0.1, 0.15) is 19.5 Å². The molecule has 114 valence electrons. The molecule has 0 aromatic carbocycles. The van der Waals surface area contributed by atoms with Gasteiger partial charge in [0, 0.05) is 13.1 Å². The molecule has 0 spiro atoms. The first-order valence-corrected chi connectivity index (χ1v) is 7.56. The van der Waals surface area contributed by atoms with E-state index in [9.17, 15) is 14.9 Å². The molecule has 0 aliphatic heterocycles. The van der Waals surface area contributed by atoms with Crippen molar-refractivity contribution in [3.63, 3.8) is 0 Å². The molecular weight excluding hydrogens is 302 g/mol. The molecule has 7 nitrogen and oxygen atoms in total. The zero-order valence-corrected chi connectivity index (χ0v) is 13.0. The smallest absolute Gasteiger partial charge is 0.269 e. The Bertz CT molecular complexity index is 883. The molecule has 0 saturated heterocycles. The van der Waals surface area contributed by atoms with E-state index in [4.69, 9.17) is 0 Å². The van der Waals surface area contributed by atoms with Gasteiger partial charge < -0.3 is 10.3 Å². The Kier molecular flexibility index (Phi) is 4.91. The number of amides is 1. The number of H-pyrrole nitrogens is 1. The summed E-state index contributed by atoms with van der Waals surface area (Å²) >= 11 is 1.12. The number of nitrogens with zero attached hydrogens (tertiary/aromatic N) is 3. The van der Waals surface area contributed by atoms with Gasteiger partial charge in [0.15, 0.2) is 5.57 Å². The van der Waals surface area contributed by atoms with E-state index in [0.717, 1.165) is 11.3 Å². The van der Waals surface area contributed by atoms with E-state index in [1.165, 1.54) is 10.9 Å². The highest BCUT2D eigenvalue weighted by atomic mass is 32.1. The molecule has 1 amide bonds. The van der Waals surface area contributed by atoms with Crippen LogP contribution in [0.3, 0.4) is 0 Å². The molecule has 22 heavy (non-hydrogen) atoms. The molecule has 0 aliphatic carbocycles. The number of nitriles is 1. The molecule has 0 bridgehead atoms. The van der Waals surface area contributed by atoms with Gasteiger partial charge in [0.1, 0.15) is 10.7 Å². The quantitative estimate of drug-likeness (QED) is 0.777. The second-order valence-corrected chi connectivity index (χ2v) is 5.35. The van der Waals surface area contributed by atoms with Crippen molar-refractivity contribution in [2.24, 2.45) is 0 Å². The highest BCUT2D eigenvalue weighted by Gasteiger charge is 2.14. The number of imidazole rings is 1. The van der Waals surface area contributed by atoms with E-state index < -0.39 is 5.91 Å². The second kappa shape index (κ2) is 6.87. The van der Waals surface area contributed by atoms with Crippen LogP contribution in [0.5, 0.6) is 0 Å². The van der Waals surface area contributed by atoms with Gasteiger partial charge in [-0.25, -0.2) is 4.98 Å². The van der Waals surface area contributed by atoms with Gasteiger partial charge in [-0.3, -0.25) is 14.2 Å². The first-order valence-electron chi connectivity index (χ1n) is 6.74. The Morgan fingerprint density at radius 2 is 2.36 bits per heavy atom. The Balaban J connectivity index is 2.76. The number of hydrogen-bond acceptors (Lipinski definition) is 5. The molecule has 2 aromatic rings. The lowest BCUT2D eigenvalue weighted by Gasteiger charge is -2.00. The number of aromatic nitrogens is 3. The molecule has 2 aromatic heterocycles. The van der Waals surface area contributed by atoms with E-state index in [2.05, 4.69) is 15.3 Å². The normalized spacial score (nSPS) is 12.9. The van der Waals surface area contributed by atoms with E-state index in [1.807, 2.05) is 6.07 Å². The van der Waals surface area contributed by atoms with Crippen LogP contribution in [0, 0.1) is 11.3 Å². The Hall–Kier alpha value is -2.66. The molecule has 2 rings (SSSR count). The molecule has 0 saturated carbocycles. The maximum atomic E-state index is 12.4. The van der Waals surface area contributed by atoms with Crippen LogP contribution in [-0.2, 0) is 11.3 Å². The van der Waals surface area contributed by atoms with Crippen LogP contribution in [0.2, 0.25) is 0 Å². The van der Waals surface area contributed by atoms with Crippen LogP contribution < -0.4 is 20.1 Å². The van der Waals surface area contributed by atoms with E-state index >= 15 is 0 Å². The molecule has 0 fully saturated rings. The fourth-order valence-electron chi connectivity index (χ4n) is 1.92. The maximum Gasteiger partial charge on any atom is 0.269 e. The van der Waals surface area contributed by atoms with Crippen LogP contribution in [0.25, 0.3) is 11.6 Å². The van der Waals surface area contributed by atoms with Crippen LogP contribution >= 0.6 is 11.3 Å². The van der Waals surface area contributed by atoms with Crippen LogP contribution in [-0.4, -0.2) is 27.0 Å². The highest BCUT2D eigenvalue weighted by molar-refractivity contribution is 7.07. The molecule has 0 atom stereocenters.